The number of fused-ring (bicyclic) bond motifs is 1. The van der Waals surface area contributed by atoms with Gasteiger partial charge < -0.3 is 15.1 Å². The minimum atomic E-state index is -0.140. The predicted molar refractivity (Wildman–Crippen MR) is 99.5 cm³/mol. The molecule has 24 heavy (non-hydrogen) atoms. The van der Waals surface area contributed by atoms with E-state index >= 15 is 0 Å². The number of carbonyl (C=O) groups excluding carboxylic acids is 1. The summed E-state index contributed by atoms with van der Waals surface area (Å²) in [6.45, 7) is 4.22. The van der Waals surface area contributed by atoms with Crippen LogP contribution in [0, 0.1) is 0 Å². The van der Waals surface area contributed by atoms with E-state index in [4.69, 9.17) is 0 Å². The van der Waals surface area contributed by atoms with Crippen molar-refractivity contribution in [2.75, 3.05) is 24.3 Å². The van der Waals surface area contributed by atoms with Crippen molar-refractivity contribution in [1.82, 2.24) is 4.90 Å². The molecule has 1 aliphatic rings. The van der Waals surface area contributed by atoms with Crippen molar-refractivity contribution in [3.05, 3.63) is 59.7 Å². The summed E-state index contributed by atoms with van der Waals surface area (Å²) in [6, 6.07) is 16.3. The fourth-order valence-corrected chi connectivity index (χ4v) is 3.12. The molecule has 3 rings (SSSR count). The van der Waals surface area contributed by atoms with Gasteiger partial charge in [-0.2, -0.15) is 0 Å². The third-order valence-corrected chi connectivity index (χ3v) is 4.75. The topological polar surface area (TPSA) is 35.6 Å². The van der Waals surface area contributed by atoms with Crippen LogP contribution in [0.4, 0.5) is 11.4 Å². The van der Waals surface area contributed by atoms with E-state index in [1.165, 1.54) is 0 Å². The van der Waals surface area contributed by atoms with E-state index in [-0.39, 0.29) is 18.1 Å². The van der Waals surface area contributed by atoms with Gasteiger partial charge in [0.15, 0.2) is 0 Å². The Morgan fingerprint density at radius 3 is 2.42 bits per heavy atom. The van der Waals surface area contributed by atoms with Crippen molar-refractivity contribution in [3.63, 3.8) is 0 Å². The number of hydrogen-bond acceptors (Lipinski definition) is 3. The number of rotatable bonds is 4. The molecule has 0 saturated heterocycles. The summed E-state index contributed by atoms with van der Waals surface area (Å²) < 4.78 is 0. The molecule has 0 fully saturated rings. The molecule has 126 valence electrons. The van der Waals surface area contributed by atoms with Crippen LogP contribution >= 0.6 is 0 Å². The SMILES string of the molecule is CC[C@H](C)N1C(=O)c2ccccc2N[C@H]1c1ccc(N(C)C)cc1. The van der Waals surface area contributed by atoms with E-state index in [2.05, 4.69) is 48.3 Å². The number of carbonyl (C=O) groups is 1. The van der Waals surface area contributed by atoms with Crippen LogP contribution in [-0.4, -0.2) is 30.9 Å². The van der Waals surface area contributed by atoms with Crippen molar-refractivity contribution in [1.29, 1.82) is 0 Å². The van der Waals surface area contributed by atoms with Crippen LogP contribution in [0.5, 0.6) is 0 Å². The van der Waals surface area contributed by atoms with Crippen LogP contribution < -0.4 is 10.2 Å². The van der Waals surface area contributed by atoms with Gasteiger partial charge in [-0.05, 0) is 43.2 Å². The number of benzene rings is 2. The molecule has 2 atom stereocenters. The van der Waals surface area contributed by atoms with Crippen LogP contribution in [0.2, 0.25) is 0 Å². The molecular weight excluding hydrogens is 298 g/mol. The zero-order valence-corrected chi connectivity index (χ0v) is 14.8. The van der Waals surface area contributed by atoms with Crippen molar-refractivity contribution >= 4 is 17.3 Å². The highest BCUT2D eigenvalue weighted by molar-refractivity contribution is 6.01. The van der Waals surface area contributed by atoms with Gasteiger partial charge >= 0.3 is 0 Å². The second-order valence-electron chi connectivity index (χ2n) is 6.55. The largest absolute Gasteiger partial charge is 0.378 e. The molecule has 4 nitrogen and oxygen atoms in total. The van der Waals surface area contributed by atoms with Gasteiger partial charge in [-0.15, -0.1) is 0 Å². The Kier molecular flexibility index (Phi) is 4.47. The number of amides is 1. The average molecular weight is 323 g/mol. The number of nitrogens with one attached hydrogen (secondary N) is 1. The van der Waals surface area contributed by atoms with Crippen LogP contribution in [-0.2, 0) is 0 Å². The zero-order valence-electron chi connectivity index (χ0n) is 14.8. The third kappa shape index (κ3) is 2.84. The number of hydrogen-bond donors (Lipinski definition) is 1. The minimum Gasteiger partial charge on any atom is -0.378 e. The molecule has 1 amide bonds. The van der Waals surface area contributed by atoms with Crippen molar-refractivity contribution in [3.8, 4) is 0 Å². The van der Waals surface area contributed by atoms with Gasteiger partial charge in [0.05, 0.1) is 5.56 Å². The molecule has 0 aliphatic carbocycles. The lowest BCUT2D eigenvalue weighted by Gasteiger charge is -2.41. The second-order valence-corrected chi connectivity index (χ2v) is 6.55. The summed E-state index contributed by atoms with van der Waals surface area (Å²) in [5, 5.41) is 3.55. The van der Waals surface area contributed by atoms with Gasteiger partial charge in [0.25, 0.3) is 5.91 Å². The fraction of sp³-hybridized carbons (Fsp3) is 0.350. The van der Waals surface area contributed by atoms with Crippen molar-refractivity contribution in [2.45, 2.75) is 32.5 Å². The van der Waals surface area contributed by atoms with Crippen LogP contribution in [0.15, 0.2) is 48.5 Å². The molecule has 0 aromatic heterocycles. The van der Waals surface area contributed by atoms with Crippen molar-refractivity contribution < 1.29 is 4.79 Å². The molecule has 1 N–H and O–H groups in total. The predicted octanol–water partition coefficient (Wildman–Crippen LogP) is 4.12. The number of anilines is 2. The Labute approximate surface area is 144 Å². The second kappa shape index (κ2) is 6.56. The highest BCUT2D eigenvalue weighted by Gasteiger charge is 2.35. The lowest BCUT2D eigenvalue weighted by molar-refractivity contribution is 0.0593. The first kappa shape index (κ1) is 16.4. The van der Waals surface area contributed by atoms with Gasteiger partial charge in [-0.3, -0.25) is 4.79 Å². The Morgan fingerprint density at radius 2 is 1.79 bits per heavy atom. The Bertz CT molecular complexity index is 724. The number of para-hydroxylation sites is 1. The fourth-order valence-electron chi connectivity index (χ4n) is 3.12. The van der Waals surface area contributed by atoms with Gasteiger partial charge in [-0.25, -0.2) is 0 Å². The maximum atomic E-state index is 13.1. The smallest absolute Gasteiger partial charge is 0.258 e. The monoisotopic (exact) mass is 323 g/mol. The molecule has 1 heterocycles. The summed E-state index contributed by atoms with van der Waals surface area (Å²) in [5.41, 5.74) is 3.91. The number of nitrogens with zero attached hydrogens (tertiary/aromatic N) is 2. The molecular formula is C20H25N3O. The van der Waals surface area contributed by atoms with Crippen LogP contribution in [0.25, 0.3) is 0 Å². The lowest BCUT2D eigenvalue weighted by atomic mass is 10.0. The Hall–Kier alpha value is -2.49. The summed E-state index contributed by atoms with van der Waals surface area (Å²) in [5.74, 6) is 0.0976. The first-order valence-corrected chi connectivity index (χ1v) is 8.48. The molecule has 2 aromatic rings. The first-order valence-electron chi connectivity index (χ1n) is 8.48. The molecule has 0 bridgehead atoms. The summed E-state index contributed by atoms with van der Waals surface area (Å²) >= 11 is 0. The standard InChI is InChI=1S/C20H25N3O/c1-5-14(2)23-19(15-10-12-16(13-11-15)22(3)4)21-18-9-7-6-8-17(18)20(23)24/h6-14,19,21H,5H2,1-4H3/t14-,19+/m0/s1. The van der Waals surface area contributed by atoms with Crippen LogP contribution in [0.3, 0.4) is 0 Å². The molecule has 1 aliphatic heterocycles. The quantitative estimate of drug-likeness (QED) is 0.919. The molecule has 0 spiro atoms. The Morgan fingerprint density at radius 1 is 1.12 bits per heavy atom. The lowest BCUT2D eigenvalue weighted by Crippen LogP contribution is -2.47. The zero-order chi connectivity index (χ0) is 17.3. The first-order chi connectivity index (χ1) is 11.5. The molecule has 0 unspecified atom stereocenters. The normalized spacial score (nSPS) is 17.9. The van der Waals surface area contributed by atoms with Gasteiger partial charge in [0.2, 0.25) is 0 Å². The highest BCUT2D eigenvalue weighted by Crippen LogP contribution is 2.35. The third-order valence-electron chi connectivity index (χ3n) is 4.75. The van der Waals surface area contributed by atoms with Gasteiger partial charge in [-0.1, -0.05) is 31.2 Å². The van der Waals surface area contributed by atoms with E-state index in [0.717, 1.165) is 28.9 Å². The molecule has 0 radical (unpaired) electrons. The van der Waals surface area contributed by atoms with Gasteiger partial charge in [0.1, 0.15) is 6.17 Å². The average Bonchev–Trinajstić information content (AvgIpc) is 2.61. The summed E-state index contributed by atoms with van der Waals surface area (Å²) in [6.07, 6.45) is 0.778. The maximum absolute atomic E-state index is 13.1. The van der Waals surface area contributed by atoms with E-state index in [1.807, 2.05) is 43.3 Å². The maximum Gasteiger partial charge on any atom is 0.258 e. The van der Waals surface area contributed by atoms with Gasteiger partial charge in [0, 0.05) is 31.5 Å². The summed E-state index contributed by atoms with van der Waals surface area (Å²) in [4.78, 5) is 17.1. The summed E-state index contributed by atoms with van der Waals surface area (Å²) in [7, 11) is 4.05. The Balaban J connectivity index is 2.02. The highest BCUT2D eigenvalue weighted by atomic mass is 16.2. The van der Waals surface area contributed by atoms with E-state index in [9.17, 15) is 4.79 Å². The van der Waals surface area contributed by atoms with E-state index in [0.29, 0.717) is 0 Å². The van der Waals surface area contributed by atoms with E-state index in [1.54, 1.807) is 0 Å². The minimum absolute atomic E-state index is 0.0976. The molecule has 2 aromatic carbocycles. The van der Waals surface area contributed by atoms with Crippen LogP contribution in [0.1, 0.15) is 42.4 Å². The van der Waals surface area contributed by atoms with E-state index < -0.39 is 0 Å². The molecule has 0 saturated carbocycles. The van der Waals surface area contributed by atoms with Crippen molar-refractivity contribution in [2.24, 2.45) is 0 Å². The molecule has 4 heteroatoms.